The number of aliphatic hydroxyl groups is 1. The number of rotatable bonds is 8. The molecule has 134 valence electrons. The van der Waals surface area contributed by atoms with Crippen LogP contribution in [0.1, 0.15) is 11.6 Å². The van der Waals surface area contributed by atoms with Gasteiger partial charge < -0.3 is 19.9 Å². The van der Waals surface area contributed by atoms with Gasteiger partial charge in [0.2, 0.25) is 0 Å². The molecule has 0 spiro atoms. The second-order valence-electron chi connectivity index (χ2n) is 5.91. The molecule has 26 heavy (non-hydrogen) atoms. The van der Waals surface area contributed by atoms with Crippen LogP contribution < -0.4 is 14.8 Å². The Morgan fingerprint density at radius 2 is 1.42 bits per heavy atom. The van der Waals surface area contributed by atoms with Crippen molar-refractivity contribution in [3.8, 4) is 11.5 Å². The maximum absolute atomic E-state index is 9.99. The van der Waals surface area contributed by atoms with Crippen LogP contribution in [0, 0.1) is 0 Å². The van der Waals surface area contributed by atoms with E-state index < -0.39 is 6.10 Å². The highest BCUT2D eigenvalue weighted by molar-refractivity contribution is 5.48. The van der Waals surface area contributed by atoms with E-state index in [0.717, 1.165) is 22.7 Å². The highest BCUT2D eigenvalue weighted by atomic mass is 16.5. The summed E-state index contributed by atoms with van der Waals surface area (Å²) in [5.74, 6) is 1.52. The molecule has 0 bridgehead atoms. The molecule has 0 aliphatic rings. The number of nitrogens with one attached hydrogen (secondary N) is 1. The van der Waals surface area contributed by atoms with Gasteiger partial charge in [0.05, 0.1) is 19.8 Å². The molecule has 0 fully saturated rings. The van der Waals surface area contributed by atoms with Crippen LogP contribution >= 0.6 is 0 Å². The van der Waals surface area contributed by atoms with Crippen LogP contribution in [-0.2, 0) is 0 Å². The Bertz CT molecular complexity index is 776. The van der Waals surface area contributed by atoms with Crippen molar-refractivity contribution in [3.63, 3.8) is 0 Å². The van der Waals surface area contributed by atoms with E-state index in [0.29, 0.717) is 0 Å². The predicted octanol–water partition coefficient (Wildman–Crippen LogP) is 4.29. The van der Waals surface area contributed by atoms with Gasteiger partial charge in [0.25, 0.3) is 0 Å². The van der Waals surface area contributed by atoms with Crippen LogP contribution in [0.2, 0.25) is 0 Å². The number of anilines is 1. The molecule has 0 unspecified atom stereocenters. The summed E-state index contributed by atoms with van der Waals surface area (Å²) in [7, 11) is 1.64. The highest BCUT2D eigenvalue weighted by Gasteiger charge is 2.24. The monoisotopic (exact) mass is 349 g/mol. The van der Waals surface area contributed by atoms with Crippen LogP contribution in [0.4, 0.5) is 5.69 Å². The number of hydrogen-bond acceptors (Lipinski definition) is 4. The molecule has 0 saturated heterocycles. The Morgan fingerprint density at radius 3 is 2.00 bits per heavy atom. The smallest absolute Gasteiger partial charge is 0.146 e. The summed E-state index contributed by atoms with van der Waals surface area (Å²) in [6.45, 7) is -0.113. The molecule has 0 heterocycles. The van der Waals surface area contributed by atoms with Gasteiger partial charge in [0.1, 0.15) is 17.6 Å². The summed E-state index contributed by atoms with van der Waals surface area (Å²) in [5, 5.41) is 13.5. The highest BCUT2D eigenvalue weighted by Crippen LogP contribution is 2.27. The zero-order chi connectivity index (χ0) is 18.2. The van der Waals surface area contributed by atoms with Gasteiger partial charge in [-0.15, -0.1) is 0 Å². The van der Waals surface area contributed by atoms with Crippen LogP contribution in [0.3, 0.4) is 0 Å². The minimum atomic E-state index is -0.443. The van der Waals surface area contributed by atoms with Gasteiger partial charge in [-0.2, -0.15) is 0 Å². The summed E-state index contributed by atoms with van der Waals surface area (Å²) < 4.78 is 11.3. The van der Waals surface area contributed by atoms with Crippen molar-refractivity contribution in [2.75, 3.05) is 19.0 Å². The van der Waals surface area contributed by atoms with Crippen molar-refractivity contribution in [2.24, 2.45) is 0 Å². The van der Waals surface area contributed by atoms with Crippen LogP contribution in [0.5, 0.6) is 11.5 Å². The van der Waals surface area contributed by atoms with Crippen LogP contribution in [0.25, 0.3) is 0 Å². The molecule has 3 aromatic rings. The molecule has 4 nitrogen and oxygen atoms in total. The van der Waals surface area contributed by atoms with Gasteiger partial charge in [-0.3, -0.25) is 0 Å². The normalized spacial score (nSPS) is 12.8. The largest absolute Gasteiger partial charge is 0.497 e. The van der Waals surface area contributed by atoms with Crippen molar-refractivity contribution in [1.29, 1.82) is 0 Å². The number of para-hydroxylation sites is 1. The Hall–Kier alpha value is -2.98. The third kappa shape index (κ3) is 4.55. The third-order valence-corrected chi connectivity index (χ3v) is 4.15. The zero-order valence-electron chi connectivity index (χ0n) is 14.7. The molecule has 0 saturated carbocycles. The van der Waals surface area contributed by atoms with Crippen LogP contribution in [-0.4, -0.2) is 24.9 Å². The Kier molecular flexibility index (Phi) is 6.12. The molecular formula is C22H23NO3. The van der Waals surface area contributed by atoms with Gasteiger partial charge in [-0.1, -0.05) is 48.5 Å². The molecule has 4 heteroatoms. The molecule has 2 atom stereocenters. The topological polar surface area (TPSA) is 50.7 Å². The van der Waals surface area contributed by atoms with Gasteiger partial charge in [-0.05, 0) is 42.0 Å². The molecule has 0 aromatic heterocycles. The molecule has 0 aliphatic carbocycles. The molecule has 2 N–H and O–H groups in total. The van der Waals surface area contributed by atoms with Crippen molar-refractivity contribution in [3.05, 3.63) is 90.5 Å². The summed E-state index contributed by atoms with van der Waals surface area (Å²) in [5.41, 5.74) is 1.97. The van der Waals surface area contributed by atoms with Crippen LogP contribution in [0.15, 0.2) is 84.9 Å². The van der Waals surface area contributed by atoms with Gasteiger partial charge in [-0.25, -0.2) is 0 Å². The van der Waals surface area contributed by atoms with E-state index in [9.17, 15) is 5.11 Å². The lowest BCUT2D eigenvalue weighted by atomic mass is 10.0. The number of benzene rings is 3. The SMILES string of the molecule is COc1ccc(N[C@H](c2ccccc2)[C@H](CO)Oc2ccccc2)cc1. The van der Waals surface area contributed by atoms with Crippen molar-refractivity contribution < 1.29 is 14.6 Å². The molecule has 0 aliphatic heterocycles. The Morgan fingerprint density at radius 1 is 0.808 bits per heavy atom. The first-order valence-corrected chi connectivity index (χ1v) is 8.58. The lowest BCUT2D eigenvalue weighted by molar-refractivity contribution is 0.0997. The van der Waals surface area contributed by atoms with E-state index in [1.165, 1.54) is 0 Å². The molecule has 3 rings (SSSR count). The first kappa shape index (κ1) is 17.8. The minimum Gasteiger partial charge on any atom is -0.497 e. The van der Waals surface area contributed by atoms with Crippen molar-refractivity contribution >= 4 is 5.69 Å². The minimum absolute atomic E-state index is 0.113. The fourth-order valence-electron chi connectivity index (χ4n) is 2.80. The van der Waals surface area contributed by atoms with E-state index in [1.54, 1.807) is 7.11 Å². The molecule has 0 amide bonds. The average molecular weight is 349 g/mol. The van der Waals surface area contributed by atoms with Crippen molar-refractivity contribution in [1.82, 2.24) is 0 Å². The molecule has 3 aromatic carbocycles. The number of methoxy groups -OCH3 is 1. The van der Waals surface area contributed by atoms with Gasteiger partial charge in [0, 0.05) is 5.69 Å². The fourth-order valence-corrected chi connectivity index (χ4v) is 2.80. The second kappa shape index (κ2) is 8.92. The predicted molar refractivity (Wildman–Crippen MR) is 104 cm³/mol. The maximum Gasteiger partial charge on any atom is 0.146 e. The van der Waals surface area contributed by atoms with Gasteiger partial charge >= 0.3 is 0 Å². The summed E-state index contributed by atoms with van der Waals surface area (Å²) in [4.78, 5) is 0. The Labute approximate surface area is 154 Å². The summed E-state index contributed by atoms with van der Waals surface area (Å²) in [6, 6.07) is 27.0. The Balaban J connectivity index is 1.86. The van der Waals surface area contributed by atoms with Gasteiger partial charge in [0.15, 0.2) is 0 Å². The molecular weight excluding hydrogens is 326 g/mol. The third-order valence-electron chi connectivity index (χ3n) is 4.15. The number of ether oxygens (including phenoxy) is 2. The standard InChI is InChI=1S/C22H23NO3/c1-25-19-14-12-18(13-15-19)23-22(17-8-4-2-5-9-17)21(16-24)26-20-10-6-3-7-11-20/h2-15,21-24H,16H2,1H3/t21-,22+/m0/s1. The summed E-state index contributed by atoms with van der Waals surface area (Å²) >= 11 is 0. The maximum atomic E-state index is 9.99. The first-order valence-electron chi connectivity index (χ1n) is 8.58. The number of hydrogen-bond donors (Lipinski definition) is 2. The average Bonchev–Trinajstić information content (AvgIpc) is 2.72. The first-order chi connectivity index (χ1) is 12.8. The lowest BCUT2D eigenvalue weighted by Gasteiger charge is -2.29. The fraction of sp³-hybridized carbons (Fsp3) is 0.182. The zero-order valence-corrected chi connectivity index (χ0v) is 14.7. The van der Waals surface area contributed by atoms with E-state index in [4.69, 9.17) is 9.47 Å². The second-order valence-corrected chi connectivity index (χ2v) is 5.91. The van der Waals surface area contributed by atoms with E-state index >= 15 is 0 Å². The molecule has 0 radical (unpaired) electrons. The van der Waals surface area contributed by atoms with E-state index in [-0.39, 0.29) is 12.6 Å². The quantitative estimate of drug-likeness (QED) is 0.637. The van der Waals surface area contributed by atoms with E-state index in [2.05, 4.69) is 5.32 Å². The van der Waals surface area contributed by atoms with E-state index in [1.807, 2.05) is 84.9 Å². The number of aliphatic hydroxyl groups excluding tert-OH is 1. The summed E-state index contributed by atoms with van der Waals surface area (Å²) in [6.07, 6.45) is -0.443. The van der Waals surface area contributed by atoms with Crippen molar-refractivity contribution in [2.45, 2.75) is 12.1 Å². The lowest BCUT2D eigenvalue weighted by Crippen LogP contribution is -2.34.